The Morgan fingerprint density at radius 2 is 1.88 bits per heavy atom. The number of hydrogen-bond donors (Lipinski definition) is 0. The molecule has 86 valence electrons. The predicted octanol–water partition coefficient (Wildman–Crippen LogP) is 0.783. The molecule has 4 nitrogen and oxygen atoms in total. The van der Waals surface area contributed by atoms with Crippen LogP contribution < -0.4 is 4.90 Å². The average molecular weight is 218 g/mol. The Morgan fingerprint density at radius 3 is 2.50 bits per heavy atom. The van der Waals surface area contributed by atoms with Crippen molar-refractivity contribution in [3.8, 4) is 0 Å². The Kier molecular flexibility index (Phi) is 2.32. The highest BCUT2D eigenvalue weighted by atomic mass is 15.3. The molecule has 16 heavy (non-hydrogen) atoms. The molecule has 1 aromatic heterocycles. The second kappa shape index (κ2) is 3.70. The smallest absolute Gasteiger partial charge is 0.134 e. The van der Waals surface area contributed by atoms with Gasteiger partial charge in [-0.15, -0.1) is 0 Å². The van der Waals surface area contributed by atoms with Gasteiger partial charge in [0.15, 0.2) is 0 Å². The molecule has 2 fully saturated rings. The minimum absolute atomic E-state index is 0.833. The van der Waals surface area contributed by atoms with E-state index in [0.29, 0.717) is 0 Å². The summed E-state index contributed by atoms with van der Waals surface area (Å²) in [6.07, 6.45) is 3.56. The monoisotopic (exact) mass is 218 g/mol. The first kappa shape index (κ1) is 10.0. The molecule has 0 spiro atoms. The van der Waals surface area contributed by atoms with Crippen LogP contribution in [0.25, 0.3) is 0 Å². The third-order valence-corrected chi connectivity index (χ3v) is 3.84. The molecule has 0 saturated carbocycles. The van der Waals surface area contributed by atoms with E-state index in [1.165, 1.54) is 18.7 Å². The van der Waals surface area contributed by atoms with Gasteiger partial charge in [-0.1, -0.05) is 0 Å². The summed E-state index contributed by atoms with van der Waals surface area (Å²) in [7, 11) is 2.22. The summed E-state index contributed by atoms with van der Waals surface area (Å²) < 4.78 is 0. The number of likely N-dealkylation sites (tertiary alicyclic amines) is 1. The topological polar surface area (TPSA) is 32.3 Å². The van der Waals surface area contributed by atoms with Crippen LogP contribution >= 0.6 is 0 Å². The number of hydrogen-bond acceptors (Lipinski definition) is 4. The molecule has 2 aliphatic heterocycles. The lowest BCUT2D eigenvalue weighted by atomic mass is 10.0. The molecule has 0 bridgehead atoms. The molecule has 1 aromatic rings. The van der Waals surface area contributed by atoms with Crippen LogP contribution in [0.3, 0.4) is 0 Å². The molecule has 0 radical (unpaired) electrons. The lowest BCUT2D eigenvalue weighted by Gasteiger charge is -2.21. The van der Waals surface area contributed by atoms with E-state index < -0.39 is 0 Å². The molecule has 2 saturated heterocycles. The fourth-order valence-corrected chi connectivity index (χ4v) is 3.12. The molecule has 4 heteroatoms. The van der Waals surface area contributed by atoms with Crippen LogP contribution in [-0.2, 0) is 0 Å². The molecule has 0 aliphatic carbocycles. The average Bonchev–Trinajstić information content (AvgIpc) is 2.75. The third-order valence-electron chi connectivity index (χ3n) is 3.84. The Morgan fingerprint density at radius 1 is 1.19 bits per heavy atom. The van der Waals surface area contributed by atoms with E-state index in [0.717, 1.165) is 30.7 Å². The van der Waals surface area contributed by atoms with Crippen molar-refractivity contribution in [3.63, 3.8) is 0 Å². The van der Waals surface area contributed by atoms with Crippen molar-refractivity contribution < 1.29 is 0 Å². The van der Waals surface area contributed by atoms with Crippen LogP contribution in [0.5, 0.6) is 0 Å². The van der Waals surface area contributed by atoms with Gasteiger partial charge in [0.25, 0.3) is 0 Å². The van der Waals surface area contributed by atoms with Crippen molar-refractivity contribution in [1.82, 2.24) is 14.9 Å². The van der Waals surface area contributed by atoms with Crippen molar-refractivity contribution in [2.75, 3.05) is 38.1 Å². The van der Waals surface area contributed by atoms with Crippen molar-refractivity contribution >= 4 is 5.82 Å². The fraction of sp³-hybridized carbons (Fsp3) is 0.667. The summed E-state index contributed by atoms with van der Waals surface area (Å²) in [5.41, 5.74) is 1.19. The Balaban J connectivity index is 1.78. The third kappa shape index (κ3) is 1.57. The molecule has 3 heterocycles. The second-order valence-corrected chi connectivity index (χ2v) is 5.18. The van der Waals surface area contributed by atoms with Crippen LogP contribution in [0.2, 0.25) is 0 Å². The summed E-state index contributed by atoms with van der Waals surface area (Å²) in [5, 5.41) is 0. The maximum atomic E-state index is 4.41. The summed E-state index contributed by atoms with van der Waals surface area (Å²) in [5.74, 6) is 2.80. The van der Waals surface area contributed by atoms with E-state index in [2.05, 4.69) is 33.7 Å². The molecular weight excluding hydrogens is 200 g/mol. The van der Waals surface area contributed by atoms with Gasteiger partial charge in [0.1, 0.15) is 12.1 Å². The SMILES string of the molecule is Cc1cncnc1N1CC2CN(C)CC2C1. The van der Waals surface area contributed by atoms with Gasteiger partial charge in [-0.05, 0) is 25.8 Å². The standard InChI is InChI=1S/C12H18N4/c1-9-3-13-8-14-12(9)16-6-10-4-15(2)5-11(10)7-16/h3,8,10-11H,4-7H2,1-2H3. The molecular formula is C12H18N4. The van der Waals surface area contributed by atoms with E-state index in [-0.39, 0.29) is 0 Å². The van der Waals surface area contributed by atoms with Gasteiger partial charge in [0.05, 0.1) is 0 Å². The molecule has 2 aliphatic rings. The quantitative estimate of drug-likeness (QED) is 0.697. The summed E-state index contributed by atoms with van der Waals surface area (Å²) in [4.78, 5) is 13.3. The highest BCUT2D eigenvalue weighted by Gasteiger charge is 2.39. The van der Waals surface area contributed by atoms with E-state index >= 15 is 0 Å². The van der Waals surface area contributed by atoms with E-state index in [4.69, 9.17) is 0 Å². The molecule has 2 atom stereocenters. The zero-order valence-corrected chi connectivity index (χ0v) is 9.93. The number of aryl methyl sites for hydroxylation is 1. The number of nitrogens with zero attached hydrogens (tertiary/aromatic N) is 4. The van der Waals surface area contributed by atoms with Gasteiger partial charge >= 0.3 is 0 Å². The number of rotatable bonds is 1. The summed E-state index contributed by atoms with van der Waals surface area (Å²) in [6, 6.07) is 0. The first-order chi connectivity index (χ1) is 7.74. The number of fused-ring (bicyclic) bond motifs is 1. The van der Waals surface area contributed by atoms with Gasteiger partial charge < -0.3 is 9.80 Å². The summed E-state index contributed by atoms with van der Waals surface area (Å²) >= 11 is 0. The van der Waals surface area contributed by atoms with Crippen molar-refractivity contribution in [1.29, 1.82) is 0 Å². The fourth-order valence-electron chi connectivity index (χ4n) is 3.12. The minimum Gasteiger partial charge on any atom is -0.356 e. The molecule has 0 aromatic carbocycles. The maximum absolute atomic E-state index is 4.41. The zero-order valence-electron chi connectivity index (χ0n) is 9.93. The van der Waals surface area contributed by atoms with Gasteiger partial charge in [0, 0.05) is 37.9 Å². The van der Waals surface area contributed by atoms with Gasteiger partial charge in [-0.2, -0.15) is 0 Å². The second-order valence-electron chi connectivity index (χ2n) is 5.18. The van der Waals surface area contributed by atoms with Crippen molar-refractivity contribution in [2.45, 2.75) is 6.92 Å². The number of anilines is 1. The first-order valence-corrected chi connectivity index (χ1v) is 5.94. The van der Waals surface area contributed by atoms with Crippen LogP contribution in [-0.4, -0.2) is 48.1 Å². The molecule has 2 unspecified atom stereocenters. The van der Waals surface area contributed by atoms with Crippen LogP contribution in [0.1, 0.15) is 5.56 Å². The number of aromatic nitrogens is 2. The highest BCUT2D eigenvalue weighted by Crippen LogP contribution is 2.33. The zero-order chi connectivity index (χ0) is 11.1. The van der Waals surface area contributed by atoms with E-state index in [9.17, 15) is 0 Å². The van der Waals surface area contributed by atoms with Gasteiger partial charge in [-0.3, -0.25) is 0 Å². The summed E-state index contributed by atoms with van der Waals surface area (Å²) in [6.45, 7) is 6.89. The Bertz CT molecular complexity index is 378. The van der Waals surface area contributed by atoms with Crippen LogP contribution in [0, 0.1) is 18.8 Å². The first-order valence-electron chi connectivity index (χ1n) is 5.94. The van der Waals surface area contributed by atoms with Crippen LogP contribution in [0.15, 0.2) is 12.5 Å². The van der Waals surface area contributed by atoms with Crippen LogP contribution in [0.4, 0.5) is 5.82 Å². The van der Waals surface area contributed by atoms with Crippen molar-refractivity contribution in [2.24, 2.45) is 11.8 Å². The van der Waals surface area contributed by atoms with E-state index in [1.54, 1.807) is 6.33 Å². The lowest BCUT2D eigenvalue weighted by Crippen LogP contribution is -2.27. The lowest BCUT2D eigenvalue weighted by molar-refractivity contribution is 0.387. The van der Waals surface area contributed by atoms with E-state index in [1.807, 2.05) is 6.20 Å². The predicted molar refractivity (Wildman–Crippen MR) is 63.5 cm³/mol. The largest absolute Gasteiger partial charge is 0.356 e. The molecule has 0 amide bonds. The minimum atomic E-state index is 0.833. The maximum Gasteiger partial charge on any atom is 0.134 e. The van der Waals surface area contributed by atoms with Gasteiger partial charge in [0.2, 0.25) is 0 Å². The molecule has 3 rings (SSSR count). The highest BCUT2D eigenvalue weighted by molar-refractivity contribution is 5.46. The normalized spacial score (nSPS) is 29.8. The van der Waals surface area contributed by atoms with Gasteiger partial charge in [-0.25, -0.2) is 9.97 Å². The Hall–Kier alpha value is -1.16. The van der Waals surface area contributed by atoms with Crippen molar-refractivity contribution in [3.05, 3.63) is 18.1 Å². The molecule has 0 N–H and O–H groups in total. The Labute approximate surface area is 96.3 Å².